The van der Waals surface area contributed by atoms with E-state index in [4.69, 9.17) is 0 Å². The van der Waals surface area contributed by atoms with Gasteiger partial charge >= 0.3 is 0 Å². The second-order valence-electron chi connectivity index (χ2n) is 6.04. The van der Waals surface area contributed by atoms with Gasteiger partial charge in [-0.05, 0) is 44.6 Å². The van der Waals surface area contributed by atoms with E-state index < -0.39 is 0 Å². The van der Waals surface area contributed by atoms with Crippen molar-refractivity contribution in [3.05, 3.63) is 0 Å². The second kappa shape index (κ2) is 9.26. The van der Waals surface area contributed by atoms with E-state index in [2.05, 4.69) is 10.6 Å². The molecule has 1 saturated carbocycles. The van der Waals surface area contributed by atoms with Crippen LogP contribution in [0.2, 0.25) is 0 Å². The zero-order valence-corrected chi connectivity index (χ0v) is 13.7. The van der Waals surface area contributed by atoms with Gasteiger partial charge in [-0.1, -0.05) is 6.92 Å². The zero-order valence-electron chi connectivity index (χ0n) is 12.9. The topological polar surface area (TPSA) is 61.4 Å². The molecule has 0 aromatic carbocycles. The largest absolute Gasteiger partial charge is 0.356 e. The molecule has 0 spiro atoms. The SMILES string of the molecule is CCCNC(=O)C1CCCN(C(=O)CNCC2CC2)C1.Cl. The Balaban J connectivity index is 0.00000220. The molecule has 1 saturated heterocycles. The fourth-order valence-electron chi connectivity index (χ4n) is 2.63. The van der Waals surface area contributed by atoms with Crippen molar-refractivity contribution < 1.29 is 9.59 Å². The van der Waals surface area contributed by atoms with E-state index in [9.17, 15) is 9.59 Å². The number of amides is 2. The molecule has 2 N–H and O–H groups in total. The first-order valence-electron chi connectivity index (χ1n) is 7.97. The summed E-state index contributed by atoms with van der Waals surface area (Å²) in [5.41, 5.74) is 0. The Morgan fingerprint density at radius 2 is 2.00 bits per heavy atom. The van der Waals surface area contributed by atoms with Gasteiger partial charge < -0.3 is 15.5 Å². The minimum atomic E-state index is -0.0253. The zero-order chi connectivity index (χ0) is 14.4. The fourth-order valence-corrected chi connectivity index (χ4v) is 2.63. The molecule has 122 valence electrons. The van der Waals surface area contributed by atoms with Crippen molar-refractivity contribution in [2.45, 2.75) is 39.0 Å². The minimum Gasteiger partial charge on any atom is -0.356 e. The Hall–Kier alpha value is -0.810. The summed E-state index contributed by atoms with van der Waals surface area (Å²) in [6, 6.07) is 0. The van der Waals surface area contributed by atoms with E-state index >= 15 is 0 Å². The molecule has 2 fully saturated rings. The number of likely N-dealkylation sites (tertiary alicyclic amines) is 1. The Morgan fingerprint density at radius 1 is 1.24 bits per heavy atom. The highest BCUT2D eigenvalue weighted by Gasteiger charge is 2.28. The lowest BCUT2D eigenvalue weighted by Gasteiger charge is -2.32. The molecule has 0 aromatic rings. The van der Waals surface area contributed by atoms with E-state index in [1.807, 2.05) is 11.8 Å². The molecule has 2 aliphatic rings. The van der Waals surface area contributed by atoms with Gasteiger partial charge in [-0.2, -0.15) is 0 Å². The third-order valence-electron chi connectivity index (χ3n) is 4.10. The van der Waals surface area contributed by atoms with Gasteiger partial charge in [0.15, 0.2) is 0 Å². The molecule has 5 nitrogen and oxygen atoms in total. The lowest BCUT2D eigenvalue weighted by molar-refractivity contribution is -0.135. The summed E-state index contributed by atoms with van der Waals surface area (Å²) in [7, 11) is 0. The number of carbonyl (C=O) groups is 2. The van der Waals surface area contributed by atoms with Crippen LogP contribution in [0.15, 0.2) is 0 Å². The summed E-state index contributed by atoms with van der Waals surface area (Å²) < 4.78 is 0. The van der Waals surface area contributed by atoms with E-state index in [0.717, 1.165) is 44.8 Å². The number of piperidine rings is 1. The predicted molar refractivity (Wildman–Crippen MR) is 85.4 cm³/mol. The van der Waals surface area contributed by atoms with Crippen LogP contribution in [-0.4, -0.2) is 49.4 Å². The second-order valence-corrected chi connectivity index (χ2v) is 6.04. The summed E-state index contributed by atoms with van der Waals surface area (Å²) in [6.45, 7) is 5.52. The van der Waals surface area contributed by atoms with Crippen LogP contribution in [0.4, 0.5) is 0 Å². The van der Waals surface area contributed by atoms with Gasteiger partial charge in [0.25, 0.3) is 0 Å². The number of hydrogen-bond acceptors (Lipinski definition) is 3. The molecule has 2 rings (SSSR count). The number of carbonyl (C=O) groups excluding carboxylic acids is 2. The van der Waals surface area contributed by atoms with Gasteiger partial charge in [0.05, 0.1) is 12.5 Å². The van der Waals surface area contributed by atoms with Crippen LogP contribution < -0.4 is 10.6 Å². The number of rotatable bonds is 7. The molecule has 2 amide bonds. The van der Waals surface area contributed by atoms with Crippen molar-refractivity contribution in [3.63, 3.8) is 0 Å². The van der Waals surface area contributed by atoms with Crippen LogP contribution in [0.1, 0.15) is 39.0 Å². The molecule has 1 heterocycles. The summed E-state index contributed by atoms with van der Waals surface area (Å²) in [5.74, 6) is 1.01. The third kappa shape index (κ3) is 6.22. The van der Waals surface area contributed by atoms with Crippen LogP contribution >= 0.6 is 12.4 Å². The van der Waals surface area contributed by atoms with Crippen molar-refractivity contribution in [1.29, 1.82) is 0 Å². The molecule has 21 heavy (non-hydrogen) atoms. The van der Waals surface area contributed by atoms with Crippen LogP contribution in [0, 0.1) is 11.8 Å². The Kier molecular flexibility index (Phi) is 8.04. The van der Waals surface area contributed by atoms with Crippen LogP contribution in [0.5, 0.6) is 0 Å². The Bertz CT molecular complexity index is 348. The quantitative estimate of drug-likeness (QED) is 0.741. The van der Waals surface area contributed by atoms with Gasteiger partial charge in [-0.25, -0.2) is 0 Å². The van der Waals surface area contributed by atoms with Crippen molar-refractivity contribution in [2.75, 3.05) is 32.7 Å². The molecule has 0 aromatic heterocycles. The molecule has 1 aliphatic heterocycles. The first-order chi connectivity index (χ1) is 9.70. The third-order valence-corrected chi connectivity index (χ3v) is 4.10. The van der Waals surface area contributed by atoms with E-state index in [1.54, 1.807) is 0 Å². The lowest BCUT2D eigenvalue weighted by atomic mass is 9.97. The first kappa shape index (κ1) is 18.2. The van der Waals surface area contributed by atoms with Crippen LogP contribution in [0.25, 0.3) is 0 Å². The maximum absolute atomic E-state index is 12.1. The summed E-state index contributed by atoms with van der Waals surface area (Å²) in [5, 5.41) is 6.17. The van der Waals surface area contributed by atoms with E-state index in [1.165, 1.54) is 12.8 Å². The van der Waals surface area contributed by atoms with Crippen molar-refractivity contribution in [3.8, 4) is 0 Å². The van der Waals surface area contributed by atoms with Crippen LogP contribution in [0.3, 0.4) is 0 Å². The number of halogens is 1. The molecule has 1 unspecified atom stereocenters. The molecule has 1 aliphatic carbocycles. The number of nitrogens with zero attached hydrogens (tertiary/aromatic N) is 1. The standard InChI is InChI=1S/C15H27N3O2.ClH/c1-2-7-17-15(20)13-4-3-8-18(11-13)14(19)10-16-9-12-5-6-12;/h12-13,16H,2-11H2,1H3,(H,17,20);1H. The average molecular weight is 318 g/mol. The van der Waals surface area contributed by atoms with E-state index in [0.29, 0.717) is 13.1 Å². The molecular formula is C15H28ClN3O2. The van der Waals surface area contributed by atoms with Gasteiger partial charge in [-0.15, -0.1) is 12.4 Å². The van der Waals surface area contributed by atoms with E-state index in [-0.39, 0.29) is 30.1 Å². The smallest absolute Gasteiger partial charge is 0.236 e. The number of nitrogens with one attached hydrogen (secondary N) is 2. The van der Waals surface area contributed by atoms with Gasteiger partial charge in [-0.3, -0.25) is 9.59 Å². The fraction of sp³-hybridized carbons (Fsp3) is 0.867. The molecule has 1 atom stereocenters. The van der Waals surface area contributed by atoms with Crippen molar-refractivity contribution >= 4 is 24.2 Å². The molecule has 0 bridgehead atoms. The Morgan fingerprint density at radius 3 is 2.67 bits per heavy atom. The highest BCUT2D eigenvalue weighted by Crippen LogP contribution is 2.27. The molecule has 6 heteroatoms. The van der Waals surface area contributed by atoms with Crippen LogP contribution in [-0.2, 0) is 9.59 Å². The minimum absolute atomic E-state index is 0. The average Bonchev–Trinajstić information content (AvgIpc) is 3.29. The molecule has 0 radical (unpaired) electrons. The van der Waals surface area contributed by atoms with Gasteiger partial charge in [0, 0.05) is 19.6 Å². The highest BCUT2D eigenvalue weighted by molar-refractivity contribution is 5.85. The van der Waals surface area contributed by atoms with Crippen molar-refractivity contribution in [1.82, 2.24) is 15.5 Å². The predicted octanol–water partition coefficient (Wildman–Crippen LogP) is 1.17. The van der Waals surface area contributed by atoms with Gasteiger partial charge in [0.1, 0.15) is 0 Å². The summed E-state index contributed by atoms with van der Waals surface area (Å²) >= 11 is 0. The maximum Gasteiger partial charge on any atom is 0.236 e. The monoisotopic (exact) mass is 317 g/mol. The first-order valence-corrected chi connectivity index (χ1v) is 7.97. The normalized spacial score (nSPS) is 21.6. The highest BCUT2D eigenvalue weighted by atomic mass is 35.5. The summed E-state index contributed by atoms with van der Waals surface area (Å²) in [4.78, 5) is 25.9. The van der Waals surface area contributed by atoms with Crippen molar-refractivity contribution in [2.24, 2.45) is 11.8 Å². The van der Waals surface area contributed by atoms with Gasteiger partial charge in [0.2, 0.25) is 11.8 Å². The Labute approximate surface area is 133 Å². The summed E-state index contributed by atoms with van der Waals surface area (Å²) in [6.07, 6.45) is 5.37. The lowest BCUT2D eigenvalue weighted by Crippen LogP contribution is -2.48. The molecular weight excluding hydrogens is 290 g/mol. The number of hydrogen-bond donors (Lipinski definition) is 2. The maximum atomic E-state index is 12.1.